The first-order valence-corrected chi connectivity index (χ1v) is 14.9. The highest BCUT2D eigenvalue weighted by molar-refractivity contribution is 5.92. The molecule has 1 aromatic carbocycles. The van der Waals surface area contributed by atoms with Gasteiger partial charge in [0, 0.05) is 18.4 Å². The number of benzene rings is 1. The fraction of sp³-hybridized carbons (Fsp3) is 0.645. The van der Waals surface area contributed by atoms with Crippen LogP contribution in [0.2, 0.25) is 0 Å². The number of ketones is 1. The van der Waals surface area contributed by atoms with Crippen LogP contribution in [0.15, 0.2) is 18.2 Å². The summed E-state index contributed by atoms with van der Waals surface area (Å²) >= 11 is 0. The number of aromatic nitrogens is 2. The number of ether oxygens (including phenoxy) is 3. The number of rotatable bonds is 2. The molecule has 0 spiro atoms. The second-order valence-electron chi connectivity index (χ2n) is 13.1. The van der Waals surface area contributed by atoms with Crippen molar-refractivity contribution in [3.63, 3.8) is 0 Å². The van der Waals surface area contributed by atoms with Gasteiger partial charge in [0.15, 0.2) is 11.5 Å². The number of Topliss-reactive ketones (excluding diaryl/α,β-unsaturated/α-hetero) is 1. The lowest BCUT2D eigenvalue weighted by atomic mass is 9.85. The van der Waals surface area contributed by atoms with E-state index < -0.39 is 59.6 Å². The van der Waals surface area contributed by atoms with E-state index in [0.29, 0.717) is 30.5 Å². The van der Waals surface area contributed by atoms with Gasteiger partial charge in [-0.15, -0.1) is 0 Å². The summed E-state index contributed by atoms with van der Waals surface area (Å²) in [5.41, 5.74) is -0.714. The van der Waals surface area contributed by atoms with E-state index in [0.717, 1.165) is 0 Å². The number of alkyl carbamates (subject to hydrolysis) is 1. The highest BCUT2D eigenvalue weighted by Crippen LogP contribution is 2.42. The molecule has 1 aliphatic carbocycles. The van der Waals surface area contributed by atoms with E-state index in [2.05, 4.69) is 15.3 Å². The van der Waals surface area contributed by atoms with E-state index in [1.807, 2.05) is 20.8 Å². The highest BCUT2D eigenvalue weighted by atomic mass is 19.3. The van der Waals surface area contributed by atoms with Crippen LogP contribution in [0.5, 0.6) is 11.6 Å². The van der Waals surface area contributed by atoms with E-state index in [4.69, 9.17) is 14.2 Å². The Bertz CT molecular complexity index is 1410. The first-order chi connectivity index (χ1) is 20.2. The molecule has 1 saturated carbocycles. The fourth-order valence-electron chi connectivity index (χ4n) is 6.17. The second-order valence-corrected chi connectivity index (χ2v) is 13.1. The van der Waals surface area contributed by atoms with Crippen molar-refractivity contribution in [2.24, 2.45) is 17.3 Å². The van der Waals surface area contributed by atoms with E-state index in [1.54, 1.807) is 25.1 Å². The molecule has 0 unspecified atom stereocenters. The number of fused-ring (bicyclic) bond motifs is 5. The number of hydrogen-bond donors (Lipinski definition) is 1. The van der Waals surface area contributed by atoms with Crippen LogP contribution in [0.25, 0.3) is 11.0 Å². The van der Waals surface area contributed by atoms with Crippen molar-refractivity contribution in [3.05, 3.63) is 23.9 Å². The molecule has 5 rings (SSSR count). The third-order valence-corrected chi connectivity index (χ3v) is 8.75. The summed E-state index contributed by atoms with van der Waals surface area (Å²) in [6.45, 7) is 8.48. The molecule has 2 amide bonds. The summed E-state index contributed by atoms with van der Waals surface area (Å²) in [7, 11) is 1.49. The Hall–Kier alpha value is -3.57. The topological polar surface area (TPSA) is 120 Å². The number of hydrogen-bond acceptors (Lipinski definition) is 8. The van der Waals surface area contributed by atoms with Crippen molar-refractivity contribution in [1.29, 1.82) is 0 Å². The normalized spacial score (nSPS) is 29.7. The quantitative estimate of drug-likeness (QED) is 0.509. The molecule has 2 bridgehead atoms. The van der Waals surface area contributed by atoms with Crippen molar-refractivity contribution in [1.82, 2.24) is 20.2 Å². The summed E-state index contributed by atoms with van der Waals surface area (Å²) in [5.74, 6) is -4.45. The zero-order chi connectivity index (χ0) is 31.3. The highest BCUT2D eigenvalue weighted by Gasteiger charge is 2.50. The van der Waals surface area contributed by atoms with Gasteiger partial charge in [-0.3, -0.25) is 9.59 Å². The number of amides is 2. The van der Waals surface area contributed by atoms with E-state index >= 15 is 8.78 Å². The van der Waals surface area contributed by atoms with E-state index in [9.17, 15) is 14.4 Å². The Balaban J connectivity index is 1.57. The van der Waals surface area contributed by atoms with Gasteiger partial charge in [-0.05, 0) is 49.7 Å². The molecule has 1 aromatic heterocycles. The number of nitrogens with zero attached hydrogens (tertiary/aromatic N) is 3. The Kier molecular flexibility index (Phi) is 8.26. The van der Waals surface area contributed by atoms with Gasteiger partial charge in [0.1, 0.15) is 24.0 Å². The molecule has 234 valence electrons. The number of carbonyl (C=O) groups excluding carboxylic acids is 3. The Labute approximate surface area is 249 Å². The van der Waals surface area contributed by atoms with Gasteiger partial charge in [0.25, 0.3) is 5.92 Å². The summed E-state index contributed by atoms with van der Waals surface area (Å²) in [4.78, 5) is 49.9. The predicted octanol–water partition coefficient (Wildman–Crippen LogP) is 5.02. The van der Waals surface area contributed by atoms with Crippen molar-refractivity contribution < 1.29 is 37.4 Å². The van der Waals surface area contributed by atoms with Crippen LogP contribution >= 0.6 is 0 Å². The maximum atomic E-state index is 15.8. The maximum Gasteiger partial charge on any atom is 0.408 e. The van der Waals surface area contributed by atoms with Crippen molar-refractivity contribution in [2.75, 3.05) is 13.7 Å². The van der Waals surface area contributed by atoms with Crippen LogP contribution in [-0.2, 0) is 20.2 Å². The molecule has 0 radical (unpaired) electrons. The van der Waals surface area contributed by atoms with Crippen LogP contribution in [0.4, 0.5) is 13.6 Å². The molecule has 12 heteroatoms. The third kappa shape index (κ3) is 6.38. The first-order valence-electron chi connectivity index (χ1n) is 14.9. The lowest BCUT2D eigenvalue weighted by Gasteiger charge is -2.35. The largest absolute Gasteiger partial charge is 0.497 e. The Morgan fingerprint density at radius 3 is 2.53 bits per heavy atom. The average Bonchev–Trinajstić information content (AvgIpc) is 3.58. The van der Waals surface area contributed by atoms with Crippen molar-refractivity contribution in [2.45, 2.75) is 96.9 Å². The number of alkyl halides is 2. The molecule has 6 atom stereocenters. The molecule has 1 saturated heterocycles. The minimum atomic E-state index is -3.35. The lowest BCUT2D eigenvalue weighted by Crippen LogP contribution is -2.57. The standard InChI is InChI=1S/C31H40F2N4O6/c1-16-23-15-37(24(16)17(2)38)28(39)26(30(3,4)5)36-29(40)43-22-13-18(22)9-7-8-12-31(32,33)25-27(42-23)35-21-14-19(41-6)10-11-20(21)34-25/h10-11,14,16,18,22-24,26H,7-9,12-13,15H2,1-6H3,(H,36,40)/t16-,18-,22-,23+,24+,26-/m1/s1. The molecule has 3 heterocycles. The number of halogens is 2. The van der Waals surface area contributed by atoms with Crippen LogP contribution in [0.1, 0.15) is 72.4 Å². The van der Waals surface area contributed by atoms with E-state index in [1.165, 1.54) is 18.9 Å². The van der Waals surface area contributed by atoms with Crippen LogP contribution in [0, 0.1) is 17.3 Å². The molecular weight excluding hydrogens is 562 g/mol. The Morgan fingerprint density at radius 1 is 1.12 bits per heavy atom. The SMILES string of the molecule is COc1ccc2nc3c(nc2c1)O[C@H]1CN(C(=O)[C@H](C(C)(C)C)NC(=O)O[C@@H]2C[C@H]2CCCCC3(F)F)[C@H](C(C)=O)[C@@H]1C. The number of nitrogens with one attached hydrogen (secondary N) is 1. The minimum Gasteiger partial charge on any atom is -0.497 e. The van der Waals surface area contributed by atoms with Gasteiger partial charge in [-0.1, -0.05) is 34.1 Å². The predicted molar refractivity (Wildman–Crippen MR) is 153 cm³/mol. The summed E-state index contributed by atoms with van der Waals surface area (Å²) < 4.78 is 48.8. The maximum absolute atomic E-state index is 15.8. The summed E-state index contributed by atoms with van der Waals surface area (Å²) in [5, 5.41) is 2.74. The molecule has 2 aliphatic heterocycles. The molecular formula is C31H40F2N4O6. The van der Waals surface area contributed by atoms with E-state index in [-0.39, 0.29) is 42.2 Å². The molecule has 43 heavy (non-hydrogen) atoms. The van der Waals surface area contributed by atoms with Gasteiger partial charge in [-0.2, -0.15) is 8.78 Å². The van der Waals surface area contributed by atoms with Crippen molar-refractivity contribution >= 4 is 28.8 Å². The van der Waals surface area contributed by atoms with Gasteiger partial charge in [0.2, 0.25) is 11.8 Å². The number of carbonyl (C=O) groups is 3. The van der Waals surface area contributed by atoms with Crippen LogP contribution in [-0.4, -0.2) is 70.6 Å². The number of methoxy groups -OCH3 is 1. The zero-order valence-electron chi connectivity index (χ0n) is 25.5. The smallest absolute Gasteiger partial charge is 0.408 e. The first kappa shape index (κ1) is 30.9. The van der Waals surface area contributed by atoms with Crippen LogP contribution in [0.3, 0.4) is 0 Å². The van der Waals surface area contributed by atoms with Gasteiger partial charge in [0.05, 0.1) is 30.7 Å². The molecule has 1 N–H and O–H groups in total. The molecule has 2 fully saturated rings. The molecule has 3 aliphatic rings. The minimum absolute atomic E-state index is 0.0684. The average molecular weight is 603 g/mol. The summed E-state index contributed by atoms with van der Waals surface area (Å²) in [6.07, 6.45) is -0.309. The summed E-state index contributed by atoms with van der Waals surface area (Å²) in [6, 6.07) is 2.89. The van der Waals surface area contributed by atoms with Crippen LogP contribution < -0.4 is 14.8 Å². The Morgan fingerprint density at radius 2 is 1.86 bits per heavy atom. The third-order valence-electron chi connectivity index (χ3n) is 8.75. The zero-order valence-corrected chi connectivity index (χ0v) is 25.5. The van der Waals surface area contributed by atoms with Crippen molar-refractivity contribution in [3.8, 4) is 11.6 Å². The van der Waals surface area contributed by atoms with Gasteiger partial charge < -0.3 is 24.4 Å². The fourth-order valence-corrected chi connectivity index (χ4v) is 6.17. The lowest BCUT2D eigenvalue weighted by molar-refractivity contribution is -0.141. The van der Waals surface area contributed by atoms with Gasteiger partial charge in [-0.25, -0.2) is 14.8 Å². The van der Waals surface area contributed by atoms with Gasteiger partial charge >= 0.3 is 6.09 Å². The molecule has 10 nitrogen and oxygen atoms in total. The second kappa shape index (κ2) is 11.5. The molecule has 2 aromatic rings. The monoisotopic (exact) mass is 602 g/mol.